The molecular weight excluding hydrogens is 188 g/mol. The molecule has 14 heavy (non-hydrogen) atoms. The minimum absolute atomic E-state index is 0.0255. The second-order valence-electron chi connectivity index (χ2n) is 2.89. The summed E-state index contributed by atoms with van der Waals surface area (Å²) in [5.74, 6) is -2.23. The first-order chi connectivity index (χ1) is 6.54. The highest BCUT2D eigenvalue weighted by Crippen LogP contribution is 2.06. The maximum absolute atomic E-state index is 10.5. The number of carbonyl (C=O) groups is 3. The first-order valence-corrected chi connectivity index (χ1v) is 4.43. The van der Waals surface area contributed by atoms with E-state index in [0.29, 0.717) is 13.0 Å². The summed E-state index contributed by atoms with van der Waals surface area (Å²) in [6.45, 7) is 1.64. The van der Waals surface area contributed by atoms with Crippen LogP contribution in [0.1, 0.15) is 32.6 Å². The standard InChI is InChI=1S/C6H10O2.C3H4O3/c7-6-4-2-1-3-5-8-6;1-2(4)3(5)6/h1-5H2;1H3,(H,5,6). The van der Waals surface area contributed by atoms with Crippen LogP contribution in [0.2, 0.25) is 0 Å². The molecule has 0 radical (unpaired) electrons. The minimum atomic E-state index is -1.38. The maximum atomic E-state index is 10.5. The Kier molecular flexibility index (Phi) is 6.36. The van der Waals surface area contributed by atoms with E-state index >= 15 is 0 Å². The molecule has 5 heteroatoms. The molecule has 0 bridgehead atoms. The van der Waals surface area contributed by atoms with E-state index in [4.69, 9.17) is 9.84 Å². The largest absolute Gasteiger partial charge is 0.476 e. The summed E-state index contributed by atoms with van der Waals surface area (Å²) < 4.78 is 4.76. The molecule has 1 N–H and O–H groups in total. The highest BCUT2D eigenvalue weighted by atomic mass is 16.5. The van der Waals surface area contributed by atoms with Gasteiger partial charge in [-0.15, -0.1) is 0 Å². The highest BCUT2D eigenvalue weighted by Gasteiger charge is 2.05. The Balaban J connectivity index is 0.000000255. The number of esters is 1. The second-order valence-corrected chi connectivity index (χ2v) is 2.89. The number of carbonyl (C=O) groups excluding carboxylic acids is 2. The molecule has 1 fully saturated rings. The summed E-state index contributed by atoms with van der Waals surface area (Å²) in [6.07, 6.45) is 3.83. The number of Topliss-reactive ketones (excluding diaryl/α,β-unsaturated/α-hetero) is 1. The van der Waals surface area contributed by atoms with Crippen LogP contribution in [0.3, 0.4) is 0 Å². The zero-order valence-corrected chi connectivity index (χ0v) is 8.12. The van der Waals surface area contributed by atoms with Crippen LogP contribution in [0.15, 0.2) is 0 Å². The Morgan fingerprint density at radius 3 is 2.36 bits per heavy atom. The molecule has 80 valence electrons. The first kappa shape index (κ1) is 12.6. The number of ketones is 1. The van der Waals surface area contributed by atoms with Crippen LogP contribution in [0.5, 0.6) is 0 Å². The van der Waals surface area contributed by atoms with Crippen LogP contribution in [0, 0.1) is 0 Å². The van der Waals surface area contributed by atoms with Crippen molar-refractivity contribution < 1.29 is 24.2 Å². The minimum Gasteiger partial charge on any atom is -0.476 e. The molecule has 0 atom stereocenters. The summed E-state index contributed by atoms with van der Waals surface area (Å²) >= 11 is 0. The molecule has 0 amide bonds. The SMILES string of the molecule is CC(=O)C(=O)O.O=C1CCCCCO1. The van der Waals surface area contributed by atoms with Gasteiger partial charge >= 0.3 is 11.9 Å². The van der Waals surface area contributed by atoms with Crippen molar-refractivity contribution in [3.63, 3.8) is 0 Å². The number of cyclic esters (lactones) is 1. The lowest BCUT2D eigenvalue weighted by Crippen LogP contribution is -2.05. The van der Waals surface area contributed by atoms with E-state index in [9.17, 15) is 14.4 Å². The number of hydrogen-bond donors (Lipinski definition) is 1. The Labute approximate surface area is 82.1 Å². The molecular formula is C9H14O5. The molecule has 0 aromatic carbocycles. The Bertz CT molecular complexity index is 199. The van der Waals surface area contributed by atoms with Gasteiger partial charge in [0, 0.05) is 13.3 Å². The van der Waals surface area contributed by atoms with Crippen LogP contribution in [-0.4, -0.2) is 29.4 Å². The van der Waals surface area contributed by atoms with E-state index in [1.807, 2.05) is 0 Å². The fraction of sp³-hybridized carbons (Fsp3) is 0.667. The molecule has 5 nitrogen and oxygen atoms in total. The monoisotopic (exact) mass is 202 g/mol. The molecule has 0 aromatic heterocycles. The highest BCUT2D eigenvalue weighted by molar-refractivity contribution is 6.31. The van der Waals surface area contributed by atoms with Crippen LogP contribution >= 0.6 is 0 Å². The van der Waals surface area contributed by atoms with E-state index in [1.54, 1.807) is 0 Å². The van der Waals surface area contributed by atoms with E-state index in [0.717, 1.165) is 26.2 Å². The van der Waals surface area contributed by atoms with Crippen molar-refractivity contribution in [2.75, 3.05) is 6.61 Å². The number of rotatable bonds is 1. The average Bonchev–Trinajstić information content (AvgIpc) is 2.33. The van der Waals surface area contributed by atoms with Gasteiger partial charge in [0.1, 0.15) is 0 Å². The number of aliphatic carboxylic acids is 1. The van der Waals surface area contributed by atoms with E-state index in [-0.39, 0.29) is 5.97 Å². The normalized spacial score (nSPS) is 15.6. The van der Waals surface area contributed by atoms with E-state index in [2.05, 4.69) is 0 Å². The lowest BCUT2D eigenvalue weighted by atomic mass is 10.2. The fourth-order valence-corrected chi connectivity index (χ4v) is 0.806. The van der Waals surface area contributed by atoms with Gasteiger partial charge in [-0.25, -0.2) is 4.79 Å². The van der Waals surface area contributed by atoms with Gasteiger partial charge in [-0.1, -0.05) is 0 Å². The summed E-state index contributed by atoms with van der Waals surface area (Å²) in [7, 11) is 0. The zero-order valence-electron chi connectivity index (χ0n) is 8.12. The van der Waals surface area contributed by atoms with E-state index < -0.39 is 11.8 Å². The topological polar surface area (TPSA) is 80.7 Å². The molecule has 0 aromatic rings. The Morgan fingerprint density at radius 1 is 1.29 bits per heavy atom. The van der Waals surface area contributed by atoms with Gasteiger partial charge in [0.05, 0.1) is 6.61 Å². The third kappa shape index (κ3) is 7.27. The maximum Gasteiger partial charge on any atom is 0.371 e. The summed E-state index contributed by atoms with van der Waals surface area (Å²) in [5.41, 5.74) is 0. The number of carboxylic acids is 1. The second kappa shape index (κ2) is 7.06. The van der Waals surface area contributed by atoms with Crippen LogP contribution < -0.4 is 0 Å². The van der Waals surface area contributed by atoms with Crippen molar-refractivity contribution in [3.8, 4) is 0 Å². The number of hydrogen-bond acceptors (Lipinski definition) is 4. The first-order valence-electron chi connectivity index (χ1n) is 4.43. The van der Waals surface area contributed by atoms with Gasteiger partial charge in [0.15, 0.2) is 0 Å². The zero-order chi connectivity index (χ0) is 11.0. The number of carboxylic acid groups (broad SMARTS) is 1. The molecule has 1 aliphatic heterocycles. The third-order valence-corrected chi connectivity index (χ3v) is 1.59. The van der Waals surface area contributed by atoms with Gasteiger partial charge in [0.25, 0.3) is 0 Å². The molecule has 0 aliphatic carbocycles. The van der Waals surface area contributed by atoms with Crippen LogP contribution in [0.25, 0.3) is 0 Å². The van der Waals surface area contributed by atoms with Gasteiger partial charge in [0.2, 0.25) is 5.78 Å². The molecule has 1 heterocycles. The summed E-state index contributed by atoms with van der Waals surface area (Å²) in [6, 6.07) is 0. The molecule has 0 saturated carbocycles. The van der Waals surface area contributed by atoms with Crippen molar-refractivity contribution in [2.45, 2.75) is 32.6 Å². The average molecular weight is 202 g/mol. The number of ether oxygens (including phenoxy) is 1. The van der Waals surface area contributed by atoms with Crippen molar-refractivity contribution in [1.82, 2.24) is 0 Å². The summed E-state index contributed by atoms with van der Waals surface area (Å²) in [5, 5.41) is 7.64. The van der Waals surface area contributed by atoms with Gasteiger partial charge in [-0.3, -0.25) is 9.59 Å². The van der Waals surface area contributed by atoms with Crippen molar-refractivity contribution in [3.05, 3.63) is 0 Å². The fourth-order valence-electron chi connectivity index (χ4n) is 0.806. The predicted octanol–water partition coefficient (Wildman–Crippen LogP) is 0.764. The predicted molar refractivity (Wildman–Crippen MR) is 47.7 cm³/mol. The van der Waals surface area contributed by atoms with Gasteiger partial charge in [-0.05, 0) is 19.3 Å². The lowest BCUT2D eigenvalue weighted by molar-refractivity contribution is -0.148. The quantitative estimate of drug-likeness (QED) is 0.501. The Morgan fingerprint density at radius 2 is 1.86 bits per heavy atom. The molecule has 1 aliphatic rings. The van der Waals surface area contributed by atoms with Gasteiger partial charge in [-0.2, -0.15) is 0 Å². The van der Waals surface area contributed by atoms with Crippen LogP contribution in [0.4, 0.5) is 0 Å². The molecule has 1 rings (SSSR count). The molecule has 1 saturated heterocycles. The molecule has 0 spiro atoms. The third-order valence-electron chi connectivity index (χ3n) is 1.59. The van der Waals surface area contributed by atoms with Crippen LogP contribution in [-0.2, 0) is 19.1 Å². The summed E-state index contributed by atoms with van der Waals surface area (Å²) in [4.78, 5) is 29.4. The molecule has 0 unspecified atom stereocenters. The Hall–Kier alpha value is -1.39. The van der Waals surface area contributed by atoms with Gasteiger partial charge < -0.3 is 9.84 Å². The van der Waals surface area contributed by atoms with Crippen molar-refractivity contribution in [2.24, 2.45) is 0 Å². The smallest absolute Gasteiger partial charge is 0.371 e. The van der Waals surface area contributed by atoms with Crippen molar-refractivity contribution >= 4 is 17.7 Å². The lowest BCUT2D eigenvalue weighted by Gasteiger charge is -1.93. The van der Waals surface area contributed by atoms with Crippen molar-refractivity contribution in [1.29, 1.82) is 0 Å². The van der Waals surface area contributed by atoms with E-state index in [1.165, 1.54) is 0 Å².